The van der Waals surface area contributed by atoms with Crippen LogP contribution in [0.1, 0.15) is 44.8 Å². The van der Waals surface area contributed by atoms with Gasteiger partial charge in [-0.2, -0.15) is 5.10 Å². The Kier molecular flexibility index (Phi) is 4.66. The molecule has 0 aliphatic rings. The van der Waals surface area contributed by atoms with Gasteiger partial charge in [0.15, 0.2) is 0 Å². The van der Waals surface area contributed by atoms with Crippen LogP contribution in [0.25, 0.3) is 0 Å². The maximum atomic E-state index is 11.9. The summed E-state index contributed by atoms with van der Waals surface area (Å²) in [6.07, 6.45) is 0.727. The van der Waals surface area contributed by atoms with Crippen LogP contribution < -0.4 is 0 Å². The van der Waals surface area contributed by atoms with E-state index in [1.165, 1.54) is 0 Å². The van der Waals surface area contributed by atoms with Gasteiger partial charge in [0.2, 0.25) is 0 Å². The van der Waals surface area contributed by atoms with Crippen molar-refractivity contribution in [3.8, 4) is 0 Å². The van der Waals surface area contributed by atoms with Crippen LogP contribution in [-0.2, 0) is 16.6 Å². The van der Waals surface area contributed by atoms with Gasteiger partial charge in [0.25, 0.3) is 0 Å². The summed E-state index contributed by atoms with van der Waals surface area (Å²) in [6.45, 7) is 8.18. The van der Waals surface area contributed by atoms with Gasteiger partial charge >= 0.3 is 5.97 Å². The Hall–Kier alpha value is -1.39. The first-order valence-electron chi connectivity index (χ1n) is 5.99. The van der Waals surface area contributed by atoms with E-state index in [0.29, 0.717) is 24.2 Å². The smallest absolute Gasteiger partial charge is 0.316 e. The summed E-state index contributed by atoms with van der Waals surface area (Å²) >= 11 is 0. The van der Waals surface area contributed by atoms with Crippen LogP contribution in [0.15, 0.2) is 0 Å². The molecule has 1 atom stereocenters. The third-order valence-electron chi connectivity index (χ3n) is 2.49. The molecule has 17 heavy (non-hydrogen) atoms. The lowest BCUT2D eigenvalue weighted by Gasteiger charge is -2.16. The molecule has 0 fully saturated rings. The van der Waals surface area contributed by atoms with E-state index in [1.54, 1.807) is 4.68 Å². The molecule has 1 rings (SSSR count). The maximum Gasteiger partial charge on any atom is 0.316 e. The average Bonchev–Trinajstić information content (AvgIpc) is 2.54. The monoisotopic (exact) mass is 239 g/mol. The first kappa shape index (κ1) is 13.7. The molecule has 0 saturated heterocycles. The minimum Gasteiger partial charge on any atom is -0.465 e. The van der Waals surface area contributed by atoms with Gasteiger partial charge in [-0.15, -0.1) is 0 Å². The third kappa shape index (κ3) is 3.54. The van der Waals surface area contributed by atoms with Gasteiger partial charge in [0.05, 0.1) is 6.61 Å². The zero-order valence-corrected chi connectivity index (χ0v) is 11.2. The number of carbonyl (C=O) groups excluding carboxylic acids is 1. The van der Waals surface area contributed by atoms with Gasteiger partial charge in [-0.25, -0.2) is 4.98 Å². The Morgan fingerprint density at radius 2 is 2.12 bits per heavy atom. The highest BCUT2D eigenvalue weighted by molar-refractivity contribution is 5.77. The second kappa shape index (κ2) is 5.80. The van der Waals surface area contributed by atoms with E-state index in [9.17, 15) is 4.79 Å². The highest BCUT2D eigenvalue weighted by atomic mass is 16.5. The molecule has 1 aromatic heterocycles. The summed E-state index contributed by atoms with van der Waals surface area (Å²) in [5, 5.41) is 4.18. The van der Waals surface area contributed by atoms with Crippen molar-refractivity contribution in [3.05, 3.63) is 11.6 Å². The Morgan fingerprint density at radius 1 is 1.47 bits per heavy atom. The maximum absolute atomic E-state index is 11.9. The predicted molar refractivity (Wildman–Crippen MR) is 64.6 cm³/mol. The lowest BCUT2D eigenvalue weighted by atomic mass is 9.96. The molecule has 0 amide bonds. The van der Waals surface area contributed by atoms with E-state index in [2.05, 4.69) is 23.9 Å². The number of aromatic nitrogens is 3. The lowest BCUT2D eigenvalue weighted by molar-refractivity contribution is -0.145. The summed E-state index contributed by atoms with van der Waals surface area (Å²) < 4.78 is 6.77. The normalized spacial score (nSPS) is 12.8. The van der Waals surface area contributed by atoms with Crippen molar-refractivity contribution in [2.75, 3.05) is 6.61 Å². The average molecular weight is 239 g/mol. The molecule has 0 saturated carbocycles. The first-order chi connectivity index (χ1) is 7.95. The lowest BCUT2D eigenvalue weighted by Crippen LogP contribution is -2.21. The van der Waals surface area contributed by atoms with Gasteiger partial charge in [0, 0.05) is 7.05 Å². The molecule has 0 spiro atoms. The molecule has 0 aromatic carbocycles. The minimum absolute atomic E-state index is 0.211. The number of ether oxygens (including phenoxy) is 1. The fourth-order valence-corrected chi connectivity index (χ4v) is 1.85. The van der Waals surface area contributed by atoms with Crippen molar-refractivity contribution >= 4 is 5.97 Å². The summed E-state index contributed by atoms with van der Waals surface area (Å²) in [4.78, 5) is 16.3. The molecule has 0 aliphatic heterocycles. The van der Waals surface area contributed by atoms with Crippen LogP contribution in [0.4, 0.5) is 0 Å². The Balaban J connectivity index is 2.97. The van der Waals surface area contributed by atoms with Crippen LogP contribution in [0.5, 0.6) is 0 Å². The van der Waals surface area contributed by atoms with E-state index >= 15 is 0 Å². The van der Waals surface area contributed by atoms with Crippen LogP contribution in [0, 0.1) is 12.8 Å². The van der Waals surface area contributed by atoms with Gasteiger partial charge < -0.3 is 4.74 Å². The summed E-state index contributed by atoms with van der Waals surface area (Å²) in [5.41, 5.74) is 0. The zero-order chi connectivity index (χ0) is 13.0. The molecule has 5 nitrogen and oxygen atoms in total. The molecule has 96 valence electrons. The molecule has 0 N–H and O–H groups in total. The predicted octanol–water partition coefficient (Wildman–Crippen LogP) is 1.82. The van der Waals surface area contributed by atoms with E-state index in [-0.39, 0.29) is 11.9 Å². The van der Waals surface area contributed by atoms with Gasteiger partial charge in [-0.05, 0) is 26.2 Å². The van der Waals surface area contributed by atoms with Crippen molar-refractivity contribution in [2.24, 2.45) is 13.0 Å². The molecule has 0 radical (unpaired) electrons. The van der Waals surface area contributed by atoms with Gasteiger partial charge in [0.1, 0.15) is 17.6 Å². The number of carbonyl (C=O) groups is 1. The van der Waals surface area contributed by atoms with E-state index in [4.69, 9.17) is 4.74 Å². The number of nitrogens with zero attached hydrogens (tertiary/aromatic N) is 3. The third-order valence-corrected chi connectivity index (χ3v) is 2.49. The second-order valence-electron chi connectivity index (χ2n) is 4.58. The molecule has 0 bridgehead atoms. The van der Waals surface area contributed by atoms with Gasteiger partial charge in [-0.3, -0.25) is 9.48 Å². The van der Waals surface area contributed by atoms with Crippen LogP contribution in [0.2, 0.25) is 0 Å². The van der Waals surface area contributed by atoms with Gasteiger partial charge in [-0.1, -0.05) is 13.8 Å². The van der Waals surface area contributed by atoms with E-state index in [0.717, 1.165) is 6.42 Å². The molecule has 1 unspecified atom stereocenters. The molecule has 1 aromatic rings. The SMILES string of the molecule is CCOC(=O)C(CC(C)C)c1nc(C)nn1C. The molecule has 0 aliphatic carbocycles. The Bertz CT molecular complexity index is 385. The fraction of sp³-hybridized carbons (Fsp3) is 0.750. The van der Waals surface area contributed by atoms with Crippen molar-refractivity contribution in [2.45, 2.75) is 40.0 Å². The van der Waals surface area contributed by atoms with Crippen LogP contribution in [-0.4, -0.2) is 27.3 Å². The zero-order valence-electron chi connectivity index (χ0n) is 11.2. The van der Waals surface area contributed by atoms with Crippen molar-refractivity contribution < 1.29 is 9.53 Å². The topological polar surface area (TPSA) is 57.0 Å². The number of rotatable bonds is 5. The van der Waals surface area contributed by atoms with Crippen molar-refractivity contribution in [1.82, 2.24) is 14.8 Å². The van der Waals surface area contributed by atoms with Crippen molar-refractivity contribution in [1.29, 1.82) is 0 Å². The largest absolute Gasteiger partial charge is 0.465 e. The molecule has 1 heterocycles. The molecular weight excluding hydrogens is 218 g/mol. The highest BCUT2D eigenvalue weighted by Crippen LogP contribution is 2.23. The first-order valence-corrected chi connectivity index (χ1v) is 5.99. The fourth-order valence-electron chi connectivity index (χ4n) is 1.85. The van der Waals surface area contributed by atoms with E-state index in [1.807, 2.05) is 20.9 Å². The van der Waals surface area contributed by atoms with E-state index < -0.39 is 0 Å². The standard InChI is InChI=1S/C12H21N3O2/c1-6-17-12(16)10(7-8(2)3)11-13-9(4)14-15(11)5/h8,10H,6-7H2,1-5H3. The summed E-state index contributed by atoms with van der Waals surface area (Å²) in [7, 11) is 1.81. The highest BCUT2D eigenvalue weighted by Gasteiger charge is 2.27. The molecular formula is C12H21N3O2. The second-order valence-corrected chi connectivity index (χ2v) is 4.58. The Morgan fingerprint density at radius 3 is 2.53 bits per heavy atom. The number of aryl methyl sites for hydroxylation is 2. The minimum atomic E-state index is -0.318. The quantitative estimate of drug-likeness (QED) is 0.735. The Labute approximate surface area is 102 Å². The van der Waals surface area contributed by atoms with Crippen molar-refractivity contribution in [3.63, 3.8) is 0 Å². The van der Waals surface area contributed by atoms with Crippen LogP contribution in [0.3, 0.4) is 0 Å². The number of hydrogen-bond acceptors (Lipinski definition) is 4. The summed E-state index contributed by atoms with van der Waals surface area (Å²) in [6, 6.07) is 0. The number of hydrogen-bond donors (Lipinski definition) is 0. The molecule has 5 heteroatoms. The number of esters is 1. The summed E-state index contributed by atoms with van der Waals surface area (Å²) in [5.74, 6) is 1.24. The van der Waals surface area contributed by atoms with Crippen LogP contribution >= 0.6 is 0 Å².